The molecule has 0 amide bonds. The second-order valence-corrected chi connectivity index (χ2v) is 5.01. The summed E-state index contributed by atoms with van der Waals surface area (Å²) in [5.74, 6) is -0.506. The zero-order chi connectivity index (χ0) is 14.7. The summed E-state index contributed by atoms with van der Waals surface area (Å²) in [4.78, 5) is 20.1. The fourth-order valence-corrected chi connectivity index (χ4v) is 2.51. The molecule has 0 saturated carbocycles. The van der Waals surface area contributed by atoms with Crippen LogP contribution in [0.4, 0.5) is 0 Å². The van der Waals surface area contributed by atoms with Crippen molar-refractivity contribution in [3.05, 3.63) is 47.4 Å². The Bertz CT molecular complexity index is 753. The average molecular weight is 301 g/mol. The number of aromatic nitrogens is 5. The van der Waals surface area contributed by atoms with Crippen molar-refractivity contribution in [3.63, 3.8) is 0 Å². The van der Waals surface area contributed by atoms with Gasteiger partial charge in [-0.25, -0.2) is 14.5 Å². The number of rotatable bonds is 4. The topological polar surface area (TPSA) is 82.8 Å². The van der Waals surface area contributed by atoms with Gasteiger partial charge in [0.2, 0.25) is 0 Å². The highest BCUT2D eigenvalue weighted by atomic mass is 32.1. The van der Waals surface area contributed by atoms with Gasteiger partial charge in [0, 0.05) is 11.6 Å². The molecule has 8 heteroatoms. The summed E-state index contributed by atoms with van der Waals surface area (Å²) in [6.07, 6.45) is 3.27. The van der Waals surface area contributed by atoms with Crippen molar-refractivity contribution in [2.75, 3.05) is 7.11 Å². The largest absolute Gasteiger partial charge is 0.464 e. The van der Waals surface area contributed by atoms with Crippen molar-refractivity contribution in [2.24, 2.45) is 0 Å². The quantitative estimate of drug-likeness (QED) is 0.681. The van der Waals surface area contributed by atoms with Gasteiger partial charge in [0.25, 0.3) is 0 Å². The van der Waals surface area contributed by atoms with E-state index in [1.54, 1.807) is 10.9 Å². The summed E-state index contributed by atoms with van der Waals surface area (Å²) in [7, 11) is 1.31. The normalized spacial score (nSPS) is 10.5. The Hall–Kier alpha value is -2.61. The molecule has 0 saturated heterocycles. The van der Waals surface area contributed by atoms with Crippen LogP contribution >= 0.6 is 11.3 Å². The molecule has 0 bridgehead atoms. The van der Waals surface area contributed by atoms with Gasteiger partial charge in [0.1, 0.15) is 5.01 Å². The van der Waals surface area contributed by atoms with Gasteiger partial charge >= 0.3 is 5.97 Å². The van der Waals surface area contributed by atoms with Gasteiger partial charge in [-0.1, -0.05) is 11.3 Å². The van der Waals surface area contributed by atoms with Gasteiger partial charge in [-0.2, -0.15) is 0 Å². The number of pyridine rings is 1. The first-order chi connectivity index (χ1) is 10.3. The minimum atomic E-state index is -0.506. The Kier molecular flexibility index (Phi) is 3.69. The fourth-order valence-electron chi connectivity index (χ4n) is 1.73. The molecular weight excluding hydrogens is 290 g/mol. The average Bonchev–Trinajstić information content (AvgIpc) is 3.17. The number of carbonyl (C=O) groups is 1. The summed E-state index contributed by atoms with van der Waals surface area (Å²) in [5, 5.41) is 10.4. The van der Waals surface area contributed by atoms with E-state index in [0.717, 1.165) is 16.4 Å². The first-order valence-electron chi connectivity index (χ1n) is 6.10. The lowest BCUT2D eigenvalue weighted by Crippen LogP contribution is -2.02. The second kappa shape index (κ2) is 5.80. The van der Waals surface area contributed by atoms with Crippen molar-refractivity contribution in [2.45, 2.75) is 6.54 Å². The van der Waals surface area contributed by atoms with Crippen molar-refractivity contribution in [1.82, 2.24) is 25.0 Å². The fraction of sp³-hybridized carbons (Fsp3) is 0.154. The van der Waals surface area contributed by atoms with Crippen molar-refractivity contribution in [3.8, 4) is 10.7 Å². The maximum Gasteiger partial charge on any atom is 0.360 e. The van der Waals surface area contributed by atoms with E-state index in [2.05, 4.69) is 25.0 Å². The predicted molar refractivity (Wildman–Crippen MR) is 75.8 cm³/mol. The van der Waals surface area contributed by atoms with Crippen molar-refractivity contribution >= 4 is 17.3 Å². The summed E-state index contributed by atoms with van der Waals surface area (Å²) < 4.78 is 6.13. The number of hydrogen-bond acceptors (Lipinski definition) is 7. The second-order valence-electron chi connectivity index (χ2n) is 4.15. The molecule has 3 aromatic heterocycles. The van der Waals surface area contributed by atoms with Crippen molar-refractivity contribution in [1.29, 1.82) is 0 Å². The van der Waals surface area contributed by atoms with Crippen LogP contribution in [0.1, 0.15) is 16.2 Å². The lowest BCUT2D eigenvalue weighted by molar-refractivity contribution is 0.0594. The molecule has 0 aliphatic heterocycles. The Morgan fingerprint density at radius 2 is 2.33 bits per heavy atom. The Morgan fingerprint density at radius 3 is 3.10 bits per heavy atom. The highest BCUT2D eigenvalue weighted by Gasteiger charge is 2.12. The van der Waals surface area contributed by atoms with Crippen LogP contribution in [0.5, 0.6) is 0 Å². The molecule has 3 heterocycles. The van der Waals surface area contributed by atoms with E-state index in [1.807, 2.05) is 23.6 Å². The monoisotopic (exact) mass is 301 g/mol. The number of thiazole rings is 1. The molecule has 0 radical (unpaired) electrons. The molecule has 0 N–H and O–H groups in total. The minimum absolute atomic E-state index is 0.178. The minimum Gasteiger partial charge on any atom is -0.464 e. The maximum atomic E-state index is 11.3. The highest BCUT2D eigenvalue weighted by Crippen LogP contribution is 2.21. The zero-order valence-electron chi connectivity index (χ0n) is 11.1. The Balaban J connectivity index is 1.76. The lowest BCUT2D eigenvalue weighted by atomic mass is 10.4. The van der Waals surface area contributed by atoms with Crippen LogP contribution in [0.3, 0.4) is 0 Å². The smallest absolute Gasteiger partial charge is 0.360 e. The van der Waals surface area contributed by atoms with Gasteiger partial charge < -0.3 is 4.74 Å². The van der Waals surface area contributed by atoms with Crippen LogP contribution in [-0.4, -0.2) is 38.0 Å². The third-order valence-corrected chi connectivity index (χ3v) is 3.61. The van der Waals surface area contributed by atoms with Gasteiger partial charge in [-0.3, -0.25) is 4.98 Å². The van der Waals surface area contributed by atoms with Gasteiger partial charge in [-0.05, 0) is 12.1 Å². The molecule has 0 aliphatic carbocycles. The van der Waals surface area contributed by atoms with Crippen LogP contribution < -0.4 is 0 Å². The zero-order valence-corrected chi connectivity index (χ0v) is 11.9. The molecule has 7 nitrogen and oxygen atoms in total. The standard InChI is InChI=1S/C13H11N5O2S/c1-20-13(19)11-7-18(17-16-11)6-9-8-21-12(15-9)10-4-2-3-5-14-10/h2-5,7-8H,6H2,1H3. The molecule has 0 aliphatic rings. The molecule has 21 heavy (non-hydrogen) atoms. The molecule has 0 atom stereocenters. The van der Waals surface area contributed by atoms with Crippen LogP contribution in [0.15, 0.2) is 36.0 Å². The van der Waals surface area contributed by atoms with Crippen LogP contribution in [0.25, 0.3) is 10.7 Å². The number of nitrogens with zero attached hydrogens (tertiary/aromatic N) is 5. The molecular formula is C13H11N5O2S. The Labute approximate surface area is 124 Å². The van der Waals surface area contributed by atoms with E-state index in [9.17, 15) is 4.79 Å². The van der Waals surface area contributed by atoms with Gasteiger partial charge in [0.05, 0.1) is 31.2 Å². The Morgan fingerprint density at radius 1 is 1.43 bits per heavy atom. The molecule has 0 aromatic carbocycles. The van der Waals surface area contributed by atoms with Crippen LogP contribution in [0.2, 0.25) is 0 Å². The number of methoxy groups -OCH3 is 1. The third-order valence-electron chi connectivity index (χ3n) is 2.69. The lowest BCUT2D eigenvalue weighted by Gasteiger charge is -1.96. The van der Waals surface area contributed by atoms with Gasteiger partial charge in [0.15, 0.2) is 5.69 Å². The summed E-state index contributed by atoms with van der Waals surface area (Å²) in [6.45, 7) is 0.438. The van der Waals surface area contributed by atoms with E-state index < -0.39 is 5.97 Å². The predicted octanol–water partition coefficient (Wildman–Crippen LogP) is 1.63. The van der Waals surface area contributed by atoms with E-state index >= 15 is 0 Å². The third kappa shape index (κ3) is 2.95. The number of esters is 1. The molecule has 106 valence electrons. The number of ether oxygens (including phenoxy) is 1. The first-order valence-corrected chi connectivity index (χ1v) is 6.98. The first kappa shape index (κ1) is 13.4. The van der Waals surface area contributed by atoms with E-state index in [4.69, 9.17) is 0 Å². The van der Waals surface area contributed by atoms with Crippen LogP contribution in [0, 0.1) is 0 Å². The summed E-state index contributed by atoms with van der Waals surface area (Å²) >= 11 is 1.51. The summed E-state index contributed by atoms with van der Waals surface area (Å²) in [6, 6.07) is 5.69. The highest BCUT2D eigenvalue weighted by molar-refractivity contribution is 7.13. The van der Waals surface area contributed by atoms with Gasteiger partial charge in [-0.15, -0.1) is 16.4 Å². The summed E-state index contributed by atoms with van der Waals surface area (Å²) in [5.41, 5.74) is 1.85. The maximum absolute atomic E-state index is 11.3. The number of hydrogen-bond donors (Lipinski definition) is 0. The molecule has 0 spiro atoms. The van der Waals surface area contributed by atoms with E-state index in [-0.39, 0.29) is 5.69 Å². The van der Waals surface area contributed by atoms with Crippen LogP contribution in [-0.2, 0) is 11.3 Å². The van der Waals surface area contributed by atoms with E-state index in [1.165, 1.54) is 24.6 Å². The molecule has 0 fully saturated rings. The molecule has 3 rings (SSSR count). The molecule has 0 unspecified atom stereocenters. The van der Waals surface area contributed by atoms with Crippen molar-refractivity contribution < 1.29 is 9.53 Å². The van der Waals surface area contributed by atoms with E-state index in [0.29, 0.717) is 6.54 Å². The molecule has 3 aromatic rings. The SMILES string of the molecule is COC(=O)c1cn(Cc2csc(-c3ccccn3)n2)nn1. The number of carbonyl (C=O) groups excluding carboxylic acids is 1.